The molecule has 0 saturated carbocycles. The van der Waals surface area contributed by atoms with E-state index in [-0.39, 0.29) is 18.0 Å². The Morgan fingerprint density at radius 3 is 2.81 bits per heavy atom. The van der Waals surface area contributed by atoms with E-state index in [2.05, 4.69) is 12.6 Å². The van der Waals surface area contributed by atoms with Gasteiger partial charge in [0.15, 0.2) is 11.6 Å². The van der Waals surface area contributed by atoms with Crippen LogP contribution in [0, 0.1) is 15.9 Å². The van der Waals surface area contributed by atoms with E-state index in [1.54, 1.807) is 12.2 Å². The van der Waals surface area contributed by atoms with E-state index in [0.717, 1.165) is 6.07 Å². The van der Waals surface area contributed by atoms with Crippen LogP contribution in [0.5, 0.6) is 5.75 Å². The van der Waals surface area contributed by atoms with Gasteiger partial charge in [-0.1, -0.05) is 12.2 Å². The van der Waals surface area contributed by atoms with Crippen molar-refractivity contribution in [2.24, 2.45) is 0 Å². The first kappa shape index (κ1) is 12.5. The minimum absolute atomic E-state index is 0.00517. The molecule has 1 aromatic carbocycles. The Kier molecular flexibility index (Phi) is 4.78. The van der Waals surface area contributed by atoms with Crippen LogP contribution in [0.3, 0.4) is 0 Å². The summed E-state index contributed by atoms with van der Waals surface area (Å²) >= 11 is 3.95. The molecular formula is C10H10FNO3S. The molecule has 0 aromatic heterocycles. The second kappa shape index (κ2) is 6.12. The van der Waals surface area contributed by atoms with Gasteiger partial charge in [0.2, 0.25) is 0 Å². The Hall–Kier alpha value is -1.56. The number of thiol groups is 1. The van der Waals surface area contributed by atoms with Crippen LogP contribution in [0.25, 0.3) is 0 Å². The zero-order chi connectivity index (χ0) is 12.0. The molecule has 6 heteroatoms. The molecule has 16 heavy (non-hydrogen) atoms. The highest BCUT2D eigenvalue weighted by Gasteiger charge is 2.10. The van der Waals surface area contributed by atoms with Gasteiger partial charge in [0.05, 0.1) is 11.0 Å². The zero-order valence-electron chi connectivity index (χ0n) is 8.30. The number of non-ortho nitro benzene ring substituents is 1. The summed E-state index contributed by atoms with van der Waals surface area (Å²) in [7, 11) is 0. The van der Waals surface area contributed by atoms with Crippen LogP contribution >= 0.6 is 12.6 Å². The van der Waals surface area contributed by atoms with Gasteiger partial charge in [0, 0.05) is 11.8 Å². The lowest BCUT2D eigenvalue weighted by molar-refractivity contribution is -0.385. The first-order chi connectivity index (χ1) is 7.65. The predicted molar refractivity (Wildman–Crippen MR) is 61.5 cm³/mol. The van der Waals surface area contributed by atoms with E-state index < -0.39 is 10.7 Å². The molecular weight excluding hydrogens is 233 g/mol. The largest absolute Gasteiger partial charge is 0.486 e. The number of ether oxygens (including phenoxy) is 1. The molecule has 0 fully saturated rings. The van der Waals surface area contributed by atoms with E-state index in [1.165, 1.54) is 12.1 Å². The van der Waals surface area contributed by atoms with Crippen molar-refractivity contribution >= 4 is 18.3 Å². The maximum absolute atomic E-state index is 13.3. The molecule has 86 valence electrons. The average molecular weight is 243 g/mol. The summed E-state index contributed by atoms with van der Waals surface area (Å²) in [5, 5.41) is 10.3. The summed E-state index contributed by atoms with van der Waals surface area (Å²) in [4.78, 5) is 9.68. The van der Waals surface area contributed by atoms with Crippen molar-refractivity contribution in [3.8, 4) is 5.75 Å². The van der Waals surface area contributed by atoms with Crippen molar-refractivity contribution in [1.82, 2.24) is 0 Å². The topological polar surface area (TPSA) is 52.4 Å². The molecule has 0 aliphatic carbocycles. The monoisotopic (exact) mass is 243 g/mol. The van der Waals surface area contributed by atoms with Gasteiger partial charge in [-0.3, -0.25) is 10.1 Å². The molecule has 0 bridgehead atoms. The minimum atomic E-state index is -0.742. The number of nitro groups is 1. The molecule has 0 aliphatic rings. The van der Waals surface area contributed by atoms with Gasteiger partial charge in [-0.05, 0) is 6.07 Å². The standard InChI is InChI=1S/C10H10FNO3S/c11-9-7-8(12(13)14)3-4-10(9)15-5-1-2-6-16/h1-4,7,16H,5-6H2. The maximum Gasteiger partial charge on any atom is 0.272 e. The number of hydrogen-bond donors (Lipinski definition) is 1. The van der Waals surface area contributed by atoms with Crippen molar-refractivity contribution in [1.29, 1.82) is 0 Å². The second-order valence-corrected chi connectivity index (χ2v) is 3.20. The summed E-state index contributed by atoms with van der Waals surface area (Å²) in [5.74, 6) is -0.172. The molecule has 1 rings (SSSR count). The normalized spacial score (nSPS) is 10.6. The Labute approximate surface area is 97.3 Å². The van der Waals surface area contributed by atoms with E-state index in [9.17, 15) is 14.5 Å². The lowest BCUT2D eigenvalue weighted by atomic mass is 10.3. The van der Waals surface area contributed by atoms with Crippen LogP contribution in [0.4, 0.5) is 10.1 Å². The predicted octanol–water partition coefficient (Wildman–Crippen LogP) is 2.60. The molecule has 0 spiro atoms. The third-order valence-electron chi connectivity index (χ3n) is 1.73. The van der Waals surface area contributed by atoms with E-state index in [1.807, 2.05) is 0 Å². The van der Waals surface area contributed by atoms with Gasteiger partial charge in [-0.15, -0.1) is 0 Å². The van der Waals surface area contributed by atoms with Crippen LogP contribution in [0.2, 0.25) is 0 Å². The van der Waals surface area contributed by atoms with Crippen LogP contribution in [-0.2, 0) is 0 Å². The number of halogens is 1. The highest BCUT2D eigenvalue weighted by molar-refractivity contribution is 7.80. The third kappa shape index (κ3) is 3.54. The Bertz CT molecular complexity index is 409. The summed E-state index contributed by atoms with van der Waals surface area (Å²) in [6.07, 6.45) is 3.44. The van der Waals surface area contributed by atoms with E-state index in [4.69, 9.17) is 4.74 Å². The molecule has 0 saturated heterocycles. The molecule has 0 aliphatic heterocycles. The molecule has 0 heterocycles. The number of nitro benzene ring substituents is 1. The van der Waals surface area contributed by atoms with Crippen molar-refractivity contribution in [3.05, 3.63) is 46.3 Å². The third-order valence-corrected chi connectivity index (χ3v) is 1.94. The fourth-order valence-electron chi connectivity index (χ4n) is 1.00. The van der Waals surface area contributed by atoms with Crippen LogP contribution < -0.4 is 4.74 Å². The smallest absolute Gasteiger partial charge is 0.272 e. The zero-order valence-corrected chi connectivity index (χ0v) is 9.19. The first-order valence-corrected chi connectivity index (χ1v) is 5.11. The lowest BCUT2D eigenvalue weighted by Gasteiger charge is -2.03. The van der Waals surface area contributed by atoms with Crippen LogP contribution in [0.1, 0.15) is 0 Å². The molecule has 1 aromatic rings. The molecule has 0 amide bonds. The number of hydrogen-bond acceptors (Lipinski definition) is 4. The van der Waals surface area contributed by atoms with Crippen LogP contribution in [0.15, 0.2) is 30.4 Å². The van der Waals surface area contributed by atoms with Gasteiger partial charge >= 0.3 is 0 Å². The van der Waals surface area contributed by atoms with Crippen molar-refractivity contribution in [2.75, 3.05) is 12.4 Å². The van der Waals surface area contributed by atoms with Gasteiger partial charge < -0.3 is 4.74 Å². The fraction of sp³-hybridized carbons (Fsp3) is 0.200. The quantitative estimate of drug-likeness (QED) is 0.374. The highest BCUT2D eigenvalue weighted by Crippen LogP contribution is 2.22. The first-order valence-electron chi connectivity index (χ1n) is 4.47. The molecule has 0 atom stereocenters. The highest BCUT2D eigenvalue weighted by atomic mass is 32.1. The lowest BCUT2D eigenvalue weighted by Crippen LogP contribution is -1.97. The minimum Gasteiger partial charge on any atom is -0.486 e. The maximum atomic E-state index is 13.3. The number of nitrogens with zero attached hydrogens (tertiary/aromatic N) is 1. The van der Waals surface area contributed by atoms with E-state index >= 15 is 0 Å². The Morgan fingerprint density at radius 1 is 1.50 bits per heavy atom. The second-order valence-electron chi connectivity index (χ2n) is 2.84. The summed E-state index contributed by atoms with van der Waals surface area (Å²) in [6, 6.07) is 3.26. The summed E-state index contributed by atoms with van der Waals surface area (Å²) in [6.45, 7) is 0.204. The van der Waals surface area contributed by atoms with Crippen molar-refractivity contribution < 1.29 is 14.1 Å². The molecule has 0 radical (unpaired) electrons. The Balaban J connectivity index is 2.68. The van der Waals surface area contributed by atoms with Gasteiger partial charge in [0.1, 0.15) is 6.61 Å². The molecule has 0 N–H and O–H groups in total. The average Bonchev–Trinajstić information content (AvgIpc) is 2.26. The molecule has 0 unspecified atom stereocenters. The molecule has 4 nitrogen and oxygen atoms in total. The fourth-order valence-corrected chi connectivity index (χ4v) is 1.15. The summed E-state index contributed by atoms with van der Waals surface area (Å²) < 4.78 is 18.3. The Morgan fingerprint density at radius 2 is 2.25 bits per heavy atom. The number of rotatable bonds is 5. The van der Waals surface area contributed by atoms with Gasteiger partial charge in [-0.25, -0.2) is 4.39 Å². The number of benzene rings is 1. The van der Waals surface area contributed by atoms with Crippen molar-refractivity contribution in [2.45, 2.75) is 0 Å². The van der Waals surface area contributed by atoms with Crippen molar-refractivity contribution in [3.63, 3.8) is 0 Å². The van der Waals surface area contributed by atoms with Gasteiger partial charge in [-0.2, -0.15) is 12.6 Å². The van der Waals surface area contributed by atoms with E-state index in [0.29, 0.717) is 5.75 Å². The van der Waals surface area contributed by atoms with Gasteiger partial charge in [0.25, 0.3) is 5.69 Å². The van der Waals surface area contributed by atoms with Crippen LogP contribution in [-0.4, -0.2) is 17.3 Å². The summed E-state index contributed by atoms with van der Waals surface area (Å²) in [5.41, 5.74) is -0.296. The SMILES string of the molecule is O=[N+]([O-])c1ccc(OCC=CCS)c(F)c1.